The molecular formula is C6H9F5N3OP3. The molecule has 0 saturated carbocycles. The van der Waals surface area contributed by atoms with E-state index in [2.05, 4.69) is 13.5 Å². The van der Waals surface area contributed by atoms with Gasteiger partial charge in [-0.25, -0.2) is 0 Å². The second kappa shape index (κ2) is 6.00. The van der Waals surface area contributed by atoms with E-state index >= 15 is 0 Å². The van der Waals surface area contributed by atoms with E-state index in [0.717, 1.165) is 0 Å². The maximum Gasteiger partial charge on any atom is 0.463 e. The lowest BCUT2D eigenvalue weighted by Crippen LogP contribution is -2.36. The van der Waals surface area contributed by atoms with Crippen LogP contribution in [0.1, 0.15) is 19.8 Å². The van der Waals surface area contributed by atoms with Gasteiger partial charge in [-0.15, -0.1) is 0 Å². The fourth-order valence-electron chi connectivity index (χ4n) is 0.926. The molecule has 1 aliphatic heterocycles. The van der Waals surface area contributed by atoms with Crippen LogP contribution in [0, 0.1) is 0 Å². The zero-order chi connectivity index (χ0) is 13.9. The van der Waals surface area contributed by atoms with Gasteiger partial charge in [0.2, 0.25) is 0 Å². The number of rotatable bonds is 5. The molecule has 1 rings (SSSR count). The average molecular weight is 327 g/mol. The number of nitrogens with zero attached hydrogens (tertiary/aromatic N) is 3. The Kier molecular flexibility index (Phi) is 5.36. The molecule has 0 bridgehead atoms. The number of hydrogen-bond donors (Lipinski definition) is 0. The van der Waals surface area contributed by atoms with Crippen LogP contribution in [0.5, 0.6) is 0 Å². The first kappa shape index (κ1) is 16.1. The minimum atomic E-state index is -5.73. The number of hydrogen-bond acceptors (Lipinski definition) is 4. The molecule has 12 heteroatoms. The second-order valence-corrected chi connectivity index (χ2v) is 7.63. The van der Waals surface area contributed by atoms with Crippen LogP contribution in [0.25, 0.3) is 0 Å². The van der Waals surface area contributed by atoms with E-state index in [4.69, 9.17) is 4.52 Å². The van der Waals surface area contributed by atoms with Crippen molar-refractivity contribution in [2.24, 2.45) is 13.5 Å². The predicted octanol–water partition coefficient (Wildman–Crippen LogP) is 6.09. The highest BCUT2D eigenvalue weighted by atomic mass is 31.2. The van der Waals surface area contributed by atoms with Crippen LogP contribution in [0.15, 0.2) is 13.5 Å². The quantitative estimate of drug-likeness (QED) is 0.342. The van der Waals surface area contributed by atoms with Gasteiger partial charge in [-0.3, -0.25) is 0 Å². The minimum Gasteiger partial charge on any atom is -0.322 e. The third-order valence-corrected chi connectivity index (χ3v) is 6.63. The topological polar surface area (TPSA) is 46.3 Å². The smallest absolute Gasteiger partial charge is 0.322 e. The Morgan fingerprint density at radius 2 is 1.83 bits per heavy atom. The van der Waals surface area contributed by atoms with Crippen molar-refractivity contribution in [2.75, 3.05) is 6.61 Å². The van der Waals surface area contributed by atoms with Crippen LogP contribution in [0.3, 0.4) is 0 Å². The van der Waals surface area contributed by atoms with Gasteiger partial charge in [-0.1, -0.05) is 13.3 Å². The van der Waals surface area contributed by atoms with Crippen molar-refractivity contribution in [3.8, 4) is 0 Å². The van der Waals surface area contributed by atoms with Gasteiger partial charge >= 0.3 is 11.8 Å². The molecule has 104 valence electrons. The third-order valence-electron chi connectivity index (χ3n) is 1.88. The monoisotopic (exact) mass is 327 g/mol. The Morgan fingerprint density at radius 3 is 2.28 bits per heavy atom. The second-order valence-electron chi connectivity index (χ2n) is 3.22. The van der Waals surface area contributed by atoms with Crippen LogP contribution in [0.2, 0.25) is 0 Å². The molecule has 0 amide bonds. The molecule has 0 aromatic heterocycles. The van der Waals surface area contributed by atoms with Gasteiger partial charge in [0.15, 0.2) is 17.0 Å². The summed E-state index contributed by atoms with van der Waals surface area (Å²) in [4.78, 5) is 0. The lowest BCUT2D eigenvalue weighted by atomic mass is 10.4. The van der Waals surface area contributed by atoms with Crippen LogP contribution >= 0.6 is 24.5 Å². The Hall–Kier alpha value is 0.0400. The maximum atomic E-state index is 13.5. The summed E-state index contributed by atoms with van der Waals surface area (Å²) >= 11 is 0. The van der Waals surface area contributed by atoms with Crippen molar-refractivity contribution in [3.63, 3.8) is 0 Å². The largest absolute Gasteiger partial charge is 0.463 e. The minimum absolute atomic E-state index is 0.201. The van der Waals surface area contributed by atoms with Crippen molar-refractivity contribution >= 4 is 24.5 Å². The van der Waals surface area contributed by atoms with Crippen LogP contribution < -0.4 is 0 Å². The Balaban J connectivity index is 3.11. The standard InChI is InChI=1S/C6H9F5N3OP3/c1-2-3-4-15-18(13-16-12-17-14-18)6(10,11)5(7,8)9/h2-4H2,1H3. The molecule has 0 saturated heterocycles. The fourth-order valence-corrected chi connectivity index (χ4v) is 5.52. The summed E-state index contributed by atoms with van der Waals surface area (Å²) in [6.45, 7) is 1.53. The van der Waals surface area contributed by atoms with Crippen molar-refractivity contribution in [1.29, 1.82) is 0 Å². The van der Waals surface area contributed by atoms with E-state index in [0.29, 0.717) is 12.8 Å². The number of alkyl halides is 5. The van der Waals surface area contributed by atoms with E-state index in [1.807, 2.05) is 0 Å². The molecule has 4 nitrogen and oxygen atoms in total. The van der Waals surface area contributed by atoms with E-state index in [1.165, 1.54) is 0 Å². The summed E-state index contributed by atoms with van der Waals surface area (Å²) in [5, 5.41) is 0. The molecule has 1 aliphatic rings. The summed E-state index contributed by atoms with van der Waals surface area (Å²) < 4.78 is 78.8. The first-order valence-electron chi connectivity index (χ1n) is 4.80. The summed E-state index contributed by atoms with van der Waals surface area (Å²) in [6.07, 6.45) is -4.76. The molecule has 0 aromatic carbocycles. The van der Waals surface area contributed by atoms with Crippen molar-refractivity contribution < 1.29 is 26.5 Å². The lowest BCUT2D eigenvalue weighted by molar-refractivity contribution is -0.244. The van der Waals surface area contributed by atoms with Crippen LogP contribution in [-0.2, 0) is 4.52 Å². The van der Waals surface area contributed by atoms with Crippen LogP contribution in [-0.4, -0.2) is 18.4 Å². The lowest BCUT2D eigenvalue weighted by Gasteiger charge is -2.29. The van der Waals surface area contributed by atoms with Crippen LogP contribution in [0.4, 0.5) is 22.0 Å². The van der Waals surface area contributed by atoms with Gasteiger partial charge < -0.3 is 4.52 Å². The van der Waals surface area contributed by atoms with Crippen molar-refractivity contribution in [3.05, 3.63) is 0 Å². The maximum absolute atomic E-state index is 13.5. The summed E-state index contributed by atoms with van der Waals surface area (Å²) in [5.74, 6) is 0. The first-order chi connectivity index (χ1) is 8.27. The van der Waals surface area contributed by atoms with E-state index < -0.39 is 19.3 Å². The molecule has 0 radical (unpaired) electrons. The molecule has 0 aromatic rings. The zero-order valence-electron chi connectivity index (χ0n) is 9.10. The highest BCUT2D eigenvalue weighted by Gasteiger charge is 2.69. The van der Waals surface area contributed by atoms with Gasteiger partial charge in [-0.2, -0.15) is 35.5 Å². The molecule has 0 N–H and O–H groups in total. The molecule has 0 spiro atoms. The first-order valence-corrected chi connectivity index (χ1v) is 8.01. The van der Waals surface area contributed by atoms with E-state index in [1.54, 1.807) is 6.92 Å². The normalized spacial score (nSPS) is 25.9. The summed E-state index contributed by atoms with van der Waals surface area (Å²) in [5.41, 5.74) is -5.07. The molecule has 0 fully saturated rings. The molecule has 18 heavy (non-hydrogen) atoms. The highest BCUT2D eigenvalue weighted by molar-refractivity contribution is 7.69. The summed E-state index contributed by atoms with van der Waals surface area (Å²) in [6, 6.07) is 0. The Labute approximate surface area is 103 Å². The Bertz CT molecular complexity index is 408. The zero-order valence-corrected chi connectivity index (χ0v) is 11.8. The number of halogens is 5. The van der Waals surface area contributed by atoms with Gasteiger partial charge in [0.25, 0.3) is 7.43 Å². The molecule has 1 heterocycles. The molecule has 1 atom stereocenters. The third kappa shape index (κ3) is 3.13. The van der Waals surface area contributed by atoms with E-state index in [-0.39, 0.29) is 23.7 Å². The van der Waals surface area contributed by atoms with Gasteiger partial charge in [0.1, 0.15) is 0 Å². The van der Waals surface area contributed by atoms with Gasteiger partial charge in [-0.05, 0) is 6.42 Å². The van der Waals surface area contributed by atoms with Gasteiger partial charge in [0, 0.05) is 0 Å². The highest BCUT2D eigenvalue weighted by Crippen LogP contribution is 2.73. The molecule has 0 aliphatic carbocycles. The Morgan fingerprint density at radius 1 is 1.17 bits per heavy atom. The van der Waals surface area contributed by atoms with Crippen molar-refractivity contribution in [1.82, 2.24) is 0 Å². The van der Waals surface area contributed by atoms with Gasteiger partial charge in [0.05, 0.1) is 6.61 Å². The molecule has 1 unspecified atom stereocenters. The van der Waals surface area contributed by atoms with E-state index in [9.17, 15) is 22.0 Å². The number of unbranched alkanes of at least 4 members (excludes halogenated alkanes) is 1. The fraction of sp³-hybridized carbons (Fsp3) is 1.00. The SMILES string of the molecule is CCCCOP1(C(F)(F)C(F)(F)F)=NP=NP=N1. The molecular weight excluding hydrogens is 318 g/mol. The summed E-state index contributed by atoms with van der Waals surface area (Å²) in [7, 11) is -4.97. The van der Waals surface area contributed by atoms with Crippen molar-refractivity contribution in [2.45, 2.75) is 31.6 Å². The average Bonchev–Trinajstić information content (AvgIpc) is 2.29. The predicted molar refractivity (Wildman–Crippen MR) is 59.9 cm³/mol.